The lowest BCUT2D eigenvalue weighted by molar-refractivity contribution is 0.00111. The number of aliphatic hydroxyl groups is 1. The highest BCUT2D eigenvalue weighted by Crippen LogP contribution is 2.15. The molecular formula is C19H34IN3O2. The predicted octanol–water partition coefficient (Wildman–Crippen LogP) is 3.49. The van der Waals surface area contributed by atoms with Gasteiger partial charge in [0.1, 0.15) is 0 Å². The molecule has 0 saturated carbocycles. The third-order valence-electron chi connectivity index (χ3n) is 3.68. The van der Waals surface area contributed by atoms with Gasteiger partial charge in [-0.2, -0.15) is 0 Å². The number of rotatable bonds is 11. The molecule has 0 saturated heterocycles. The summed E-state index contributed by atoms with van der Waals surface area (Å²) in [7, 11) is 0. The van der Waals surface area contributed by atoms with Crippen molar-refractivity contribution in [3.63, 3.8) is 0 Å². The van der Waals surface area contributed by atoms with E-state index >= 15 is 0 Å². The van der Waals surface area contributed by atoms with Gasteiger partial charge in [0.15, 0.2) is 5.96 Å². The molecule has 3 N–H and O–H groups in total. The SMILES string of the molecule is CCCCCNC(=NCC(O)COC(C)c1ccccc1)NCC.I. The van der Waals surface area contributed by atoms with E-state index in [1.165, 1.54) is 12.8 Å². The van der Waals surface area contributed by atoms with Gasteiger partial charge < -0.3 is 20.5 Å². The molecular weight excluding hydrogens is 429 g/mol. The van der Waals surface area contributed by atoms with Crippen molar-refractivity contribution in [1.82, 2.24) is 10.6 Å². The highest BCUT2D eigenvalue weighted by molar-refractivity contribution is 14.0. The maximum Gasteiger partial charge on any atom is 0.191 e. The van der Waals surface area contributed by atoms with E-state index in [1.54, 1.807) is 0 Å². The number of hydrogen-bond donors (Lipinski definition) is 3. The molecule has 2 atom stereocenters. The number of unbranched alkanes of at least 4 members (excludes halogenated alkanes) is 2. The van der Waals surface area contributed by atoms with Gasteiger partial charge in [0.05, 0.1) is 25.4 Å². The van der Waals surface area contributed by atoms with Crippen molar-refractivity contribution in [3.8, 4) is 0 Å². The largest absolute Gasteiger partial charge is 0.389 e. The first-order valence-corrected chi connectivity index (χ1v) is 9.04. The predicted molar refractivity (Wildman–Crippen MR) is 116 cm³/mol. The van der Waals surface area contributed by atoms with E-state index in [2.05, 4.69) is 22.5 Å². The molecule has 144 valence electrons. The summed E-state index contributed by atoms with van der Waals surface area (Å²) in [5.74, 6) is 0.753. The first-order chi connectivity index (χ1) is 11.7. The highest BCUT2D eigenvalue weighted by atomic mass is 127. The van der Waals surface area contributed by atoms with Gasteiger partial charge in [-0.1, -0.05) is 50.1 Å². The Labute approximate surface area is 169 Å². The van der Waals surface area contributed by atoms with E-state index in [0.717, 1.165) is 31.0 Å². The van der Waals surface area contributed by atoms with Gasteiger partial charge in [-0.3, -0.25) is 4.99 Å². The lowest BCUT2D eigenvalue weighted by Crippen LogP contribution is -2.38. The van der Waals surface area contributed by atoms with Crippen molar-refractivity contribution in [1.29, 1.82) is 0 Å². The second-order valence-corrected chi connectivity index (χ2v) is 5.89. The fourth-order valence-electron chi connectivity index (χ4n) is 2.25. The molecule has 0 aliphatic rings. The van der Waals surface area contributed by atoms with Crippen LogP contribution in [-0.2, 0) is 4.74 Å². The van der Waals surface area contributed by atoms with E-state index in [4.69, 9.17) is 4.74 Å². The molecule has 0 aromatic heterocycles. The molecule has 1 rings (SSSR count). The molecule has 2 unspecified atom stereocenters. The third kappa shape index (κ3) is 11.4. The van der Waals surface area contributed by atoms with Gasteiger partial charge in [-0.15, -0.1) is 24.0 Å². The second-order valence-electron chi connectivity index (χ2n) is 5.89. The Hall–Kier alpha value is -0.860. The topological polar surface area (TPSA) is 65.9 Å². The fraction of sp³-hybridized carbons (Fsp3) is 0.632. The number of nitrogens with one attached hydrogen (secondary N) is 2. The monoisotopic (exact) mass is 463 g/mol. The van der Waals surface area contributed by atoms with Crippen molar-refractivity contribution in [2.45, 2.75) is 52.2 Å². The van der Waals surface area contributed by atoms with Crippen molar-refractivity contribution >= 4 is 29.9 Å². The third-order valence-corrected chi connectivity index (χ3v) is 3.68. The molecule has 0 amide bonds. The van der Waals surface area contributed by atoms with Crippen molar-refractivity contribution in [2.24, 2.45) is 4.99 Å². The summed E-state index contributed by atoms with van der Waals surface area (Å²) in [6, 6.07) is 10.0. The molecule has 6 heteroatoms. The maximum atomic E-state index is 10.1. The molecule has 0 aliphatic carbocycles. The van der Waals surface area contributed by atoms with Crippen molar-refractivity contribution in [3.05, 3.63) is 35.9 Å². The van der Waals surface area contributed by atoms with E-state index in [0.29, 0.717) is 6.54 Å². The zero-order valence-corrected chi connectivity index (χ0v) is 18.0. The normalized spacial score (nSPS) is 13.7. The number of nitrogens with zero attached hydrogens (tertiary/aromatic N) is 1. The van der Waals surface area contributed by atoms with Gasteiger partial charge in [0.2, 0.25) is 0 Å². The van der Waals surface area contributed by atoms with E-state index in [1.807, 2.05) is 44.2 Å². The van der Waals surface area contributed by atoms with Crippen LogP contribution in [-0.4, -0.2) is 43.4 Å². The van der Waals surface area contributed by atoms with Crippen LogP contribution in [0.2, 0.25) is 0 Å². The van der Waals surface area contributed by atoms with E-state index < -0.39 is 6.10 Å². The smallest absolute Gasteiger partial charge is 0.191 e. The molecule has 0 radical (unpaired) electrons. The number of hydrogen-bond acceptors (Lipinski definition) is 3. The Bertz CT molecular complexity index is 457. The summed E-state index contributed by atoms with van der Waals surface area (Å²) >= 11 is 0. The van der Waals surface area contributed by atoms with Crippen LogP contribution in [0.1, 0.15) is 51.7 Å². The number of ether oxygens (including phenoxy) is 1. The Morgan fingerprint density at radius 2 is 1.88 bits per heavy atom. The van der Waals surface area contributed by atoms with Crippen LogP contribution in [0.5, 0.6) is 0 Å². The summed E-state index contributed by atoms with van der Waals surface area (Å²) in [5, 5.41) is 16.6. The zero-order valence-electron chi connectivity index (χ0n) is 15.7. The average Bonchev–Trinajstić information content (AvgIpc) is 2.61. The first kappa shape index (κ1) is 24.1. The fourth-order valence-corrected chi connectivity index (χ4v) is 2.25. The maximum absolute atomic E-state index is 10.1. The summed E-state index contributed by atoms with van der Waals surface area (Å²) in [6.07, 6.45) is 2.89. The highest BCUT2D eigenvalue weighted by Gasteiger charge is 2.09. The Kier molecular flexibility index (Phi) is 14.9. The van der Waals surface area contributed by atoms with Crippen LogP contribution in [0.15, 0.2) is 35.3 Å². The van der Waals surface area contributed by atoms with Gasteiger partial charge in [0, 0.05) is 13.1 Å². The van der Waals surface area contributed by atoms with Crippen LogP contribution in [0, 0.1) is 0 Å². The number of aliphatic imine (C=N–C) groups is 1. The molecule has 0 aliphatic heterocycles. The summed E-state index contributed by atoms with van der Waals surface area (Å²) in [6.45, 7) is 8.51. The van der Waals surface area contributed by atoms with Crippen LogP contribution in [0.25, 0.3) is 0 Å². The standard InChI is InChI=1S/C19H33N3O2.HI/c1-4-6-10-13-21-19(20-5-2)22-14-18(23)15-24-16(3)17-11-8-7-9-12-17;/h7-9,11-12,16,18,23H,4-6,10,13-15H2,1-3H3,(H2,20,21,22);1H. The number of benzene rings is 1. The summed E-state index contributed by atoms with van der Waals surface area (Å²) in [5.41, 5.74) is 1.11. The minimum Gasteiger partial charge on any atom is -0.389 e. The van der Waals surface area contributed by atoms with Gasteiger partial charge in [-0.25, -0.2) is 0 Å². The Balaban J connectivity index is 0.00000576. The van der Waals surface area contributed by atoms with Crippen LogP contribution in [0.4, 0.5) is 0 Å². The molecule has 1 aromatic rings. The second kappa shape index (κ2) is 15.4. The lowest BCUT2D eigenvalue weighted by Gasteiger charge is -2.16. The zero-order chi connectivity index (χ0) is 17.6. The first-order valence-electron chi connectivity index (χ1n) is 9.04. The van der Waals surface area contributed by atoms with Gasteiger partial charge in [-0.05, 0) is 25.8 Å². The number of halogens is 1. The Morgan fingerprint density at radius 3 is 2.52 bits per heavy atom. The van der Waals surface area contributed by atoms with Crippen LogP contribution >= 0.6 is 24.0 Å². The summed E-state index contributed by atoms with van der Waals surface area (Å²) < 4.78 is 5.74. The molecule has 5 nitrogen and oxygen atoms in total. The lowest BCUT2D eigenvalue weighted by atomic mass is 10.1. The van der Waals surface area contributed by atoms with Crippen molar-refractivity contribution in [2.75, 3.05) is 26.2 Å². The number of aliphatic hydroxyl groups excluding tert-OH is 1. The molecule has 0 fully saturated rings. The van der Waals surface area contributed by atoms with Gasteiger partial charge >= 0.3 is 0 Å². The quantitative estimate of drug-likeness (QED) is 0.204. The molecule has 25 heavy (non-hydrogen) atoms. The minimum absolute atomic E-state index is 0. The minimum atomic E-state index is -0.609. The van der Waals surface area contributed by atoms with Crippen LogP contribution in [0.3, 0.4) is 0 Å². The Morgan fingerprint density at radius 1 is 1.16 bits per heavy atom. The molecule has 1 aromatic carbocycles. The van der Waals surface area contributed by atoms with Crippen molar-refractivity contribution < 1.29 is 9.84 Å². The molecule has 0 heterocycles. The van der Waals surface area contributed by atoms with Gasteiger partial charge in [0.25, 0.3) is 0 Å². The molecule has 0 bridgehead atoms. The average molecular weight is 463 g/mol. The summed E-state index contributed by atoms with van der Waals surface area (Å²) in [4.78, 5) is 4.43. The molecule has 0 spiro atoms. The van der Waals surface area contributed by atoms with Crippen LogP contribution < -0.4 is 10.6 Å². The number of guanidine groups is 1. The van der Waals surface area contributed by atoms with E-state index in [-0.39, 0.29) is 36.7 Å². The van der Waals surface area contributed by atoms with E-state index in [9.17, 15) is 5.11 Å².